The van der Waals surface area contributed by atoms with Gasteiger partial charge in [-0.1, -0.05) is 0 Å². The zero-order valence-corrected chi connectivity index (χ0v) is 20.8. The van der Waals surface area contributed by atoms with Crippen LogP contribution in [0.3, 0.4) is 0 Å². The first kappa shape index (κ1) is 22.2. The molecular formula is C23H42N2Sn. The molecule has 2 heterocycles. The van der Waals surface area contributed by atoms with E-state index in [9.17, 15) is 0 Å². The molecule has 0 N–H and O–H groups in total. The monoisotopic (exact) mass is 466 g/mol. The third-order valence-electron chi connectivity index (χ3n) is 6.55. The summed E-state index contributed by atoms with van der Waals surface area (Å²) < 4.78 is 6.15. The van der Waals surface area contributed by atoms with Crippen LogP contribution in [0.5, 0.6) is 0 Å². The van der Waals surface area contributed by atoms with E-state index < -0.39 is 18.4 Å². The van der Waals surface area contributed by atoms with Gasteiger partial charge >= 0.3 is 167 Å². The van der Waals surface area contributed by atoms with E-state index in [-0.39, 0.29) is 0 Å². The Morgan fingerprint density at radius 2 is 1.46 bits per heavy atom. The second-order valence-electron chi connectivity index (χ2n) is 8.65. The van der Waals surface area contributed by atoms with Gasteiger partial charge in [-0.3, -0.25) is 0 Å². The van der Waals surface area contributed by atoms with Crippen LogP contribution in [0.25, 0.3) is 0 Å². The van der Waals surface area contributed by atoms with Gasteiger partial charge in [-0.2, -0.15) is 0 Å². The van der Waals surface area contributed by atoms with Gasteiger partial charge in [0.05, 0.1) is 0 Å². The Hall–Kier alpha value is -0.0913. The van der Waals surface area contributed by atoms with Crippen molar-refractivity contribution in [2.45, 2.75) is 91.4 Å². The minimum absolute atomic E-state index is 0.735. The maximum atomic E-state index is 5.18. The summed E-state index contributed by atoms with van der Waals surface area (Å²) in [6, 6.07) is 4.96. The summed E-state index contributed by atoms with van der Waals surface area (Å²) in [6.45, 7) is 9.53. The molecule has 0 amide bonds. The number of hydrogen-bond donors (Lipinski definition) is 0. The Bertz CT molecular complexity index is 470. The first-order valence-corrected chi connectivity index (χ1v) is 18.8. The summed E-state index contributed by atoms with van der Waals surface area (Å²) in [5, 5.41) is 0. The summed E-state index contributed by atoms with van der Waals surface area (Å²) in [7, 11) is 2.25. The predicted octanol–water partition coefficient (Wildman–Crippen LogP) is 5.95. The molecule has 0 aliphatic carbocycles. The summed E-state index contributed by atoms with van der Waals surface area (Å²) in [6.07, 6.45) is 13.1. The molecule has 26 heavy (non-hydrogen) atoms. The van der Waals surface area contributed by atoms with E-state index in [1.54, 1.807) is 3.71 Å². The second-order valence-corrected chi connectivity index (χ2v) is 21.7. The van der Waals surface area contributed by atoms with Crippen LogP contribution < -0.4 is 3.71 Å². The van der Waals surface area contributed by atoms with Gasteiger partial charge < -0.3 is 0 Å². The van der Waals surface area contributed by atoms with E-state index in [4.69, 9.17) is 4.98 Å². The van der Waals surface area contributed by atoms with Crippen molar-refractivity contribution in [1.29, 1.82) is 0 Å². The van der Waals surface area contributed by atoms with Gasteiger partial charge in [-0.15, -0.1) is 0 Å². The molecule has 0 aromatic carbocycles. The molecule has 1 aliphatic heterocycles. The molecule has 0 spiro atoms. The van der Waals surface area contributed by atoms with Gasteiger partial charge in [0.25, 0.3) is 0 Å². The van der Waals surface area contributed by atoms with Crippen molar-refractivity contribution in [2.75, 3.05) is 20.1 Å². The zero-order chi connectivity index (χ0) is 18.8. The van der Waals surface area contributed by atoms with E-state index in [2.05, 4.69) is 51.0 Å². The van der Waals surface area contributed by atoms with Gasteiger partial charge in [0.15, 0.2) is 0 Å². The van der Waals surface area contributed by atoms with Crippen molar-refractivity contribution < 1.29 is 0 Å². The SMILES string of the molecule is CCC[CH2][Sn]([CH2]CCC)([CH2]CCC)[c]1ccc(C2CCN(C)CC2)cn1. The molecule has 1 fully saturated rings. The average molecular weight is 465 g/mol. The van der Waals surface area contributed by atoms with Gasteiger partial charge in [0.1, 0.15) is 0 Å². The molecule has 2 rings (SSSR count). The van der Waals surface area contributed by atoms with Crippen molar-refractivity contribution in [1.82, 2.24) is 9.88 Å². The molecular weight excluding hydrogens is 423 g/mol. The van der Waals surface area contributed by atoms with Crippen LogP contribution in [0.2, 0.25) is 13.3 Å². The van der Waals surface area contributed by atoms with E-state index in [0.717, 1.165) is 5.92 Å². The van der Waals surface area contributed by atoms with Crippen molar-refractivity contribution in [3.05, 3.63) is 23.9 Å². The van der Waals surface area contributed by atoms with E-state index in [1.165, 1.54) is 83.3 Å². The van der Waals surface area contributed by atoms with Gasteiger partial charge in [0, 0.05) is 0 Å². The number of hydrogen-bond acceptors (Lipinski definition) is 2. The molecule has 1 aromatic heterocycles. The fourth-order valence-corrected chi connectivity index (χ4v) is 20.0. The van der Waals surface area contributed by atoms with Crippen LogP contribution in [0.15, 0.2) is 18.3 Å². The minimum atomic E-state index is -2.33. The predicted molar refractivity (Wildman–Crippen MR) is 118 cm³/mol. The number of pyridine rings is 1. The fourth-order valence-electron chi connectivity index (χ4n) is 4.61. The molecule has 3 heteroatoms. The molecule has 1 saturated heterocycles. The van der Waals surface area contributed by atoms with Crippen LogP contribution in [-0.4, -0.2) is 48.4 Å². The Morgan fingerprint density at radius 1 is 0.923 bits per heavy atom. The van der Waals surface area contributed by atoms with E-state index in [1.807, 2.05) is 0 Å². The first-order chi connectivity index (χ1) is 12.6. The normalized spacial score (nSPS) is 16.9. The summed E-state index contributed by atoms with van der Waals surface area (Å²) in [5.74, 6) is 0.735. The van der Waals surface area contributed by atoms with Crippen molar-refractivity contribution in [3.63, 3.8) is 0 Å². The topological polar surface area (TPSA) is 16.1 Å². The number of likely N-dealkylation sites (tertiary alicyclic amines) is 1. The van der Waals surface area contributed by atoms with Crippen molar-refractivity contribution >= 4 is 22.1 Å². The van der Waals surface area contributed by atoms with Crippen LogP contribution >= 0.6 is 0 Å². The molecule has 1 aromatic rings. The molecule has 0 unspecified atom stereocenters. The van der Waals surface area contributed by atoms with Crippen molar-refractivity contribution in [3.8, 4) is 0 Å². The third-order valence-corrected chi connectivity index (χ3v) is 21.7. The van der Waals surface area contributed by atoms with Gasteiger partial charge in [-0.25, -0.2) is 0 Å². The number of piperidine rings is 1. The number of aromatic nitrogens is 1. The molecule has 0 atom stereocenters. The molecule has 1 aliphatic rings. The van der Waals surface area contributed by atoms with Crippen LogP contribution in [0, 0.1) is 0 Å². The van der Waals surface area contributed by atoms with Crippen LogP contribution in [0.4, 0.5) is 0 Å². The Balaban J connectivity index is 2.19. The maximum absolute atomic E-state index is 5.18. The molecule has 2 nitrogen and oxygen atoms in total. The summed E-state index contributed by atoms with van der Waals surface area (Å²) in [5.41, 5.74) is 1.50. The molecule has 0 saturated carbocycles. The van der Waals surface area contributed by atoms with E-state index in [0.29, 0.717) is 0 Å². The van der Waals surface area contributed by atoms with Gasteiger partial charge in [0.2, 0.25) is 0 Å². The Morgan fingerprint density at radius 3 is 1.88 bits per heavy atom. The average Bonchev–Trinajstić information content (AvgIpc) is 2.68. The Labute approximate surface area is 167 Å². The zero-order valence-electron chi connectivity index (χ0n) is 17.9. The summed E-state index contributed by atoms with van der Waals surface area (Å²) in [4.78, 5) is 7.64. The van der Waals surface area contributed by atoms with Crippen molar-refractivity contribution in [2.24, 2.45) is 0 Å². The quantitative estimate of drug-likeness (QED) is 0.376. The second kappa shape index (κ2) is 11.7. The van der Waals surface area contributed by atoms with E-state index >= 15 is 0 Å². The molecule has 0 bridgehead atoms. The first-order valence-electron chi connectivity index (χ1n) is 11.3. The molecule has 0 radical (unpaired) electrons. The standard InChI is InChI=1S/C11H15N2.3C4H9.Sn/c1-13-7-4-10(5-8-13)11-3-2-6-12-9-11;3*1-3-4-2;/h2-3,9-10H,4-5,7-8H2,1H3;3*1,3-4H2,2H3;. The van der Waals surface area contributed by atoms with Crippen LogP contribution in [0.1, 0.15) is 83.6 Å². The number of unbranched alkanes of at least 4 members (excludes halogenated alkanes) is 3. The fraction of sp³-hybridized carbons (Fsp3) is 0.783. The summed E-state index contributed by atoms with van der Waals surface area (Å²) >= 11 is -2.33. The Kier molecular flexibility index (Phi) is 9.98. The number of rotatable bonds is 11. The van der Waals surface area contributed by atoms with Gasteiger partial charge in [-0.05, 0) is 0 Å². The number of nitrogens with zero attached hydrogens (tertiary/aromatic N) is 2. The van der Waals surface area contributed by atoms with Crippen LogP contribution in [-0.2, 0) is 0 Å². The third kappa shape index (κ3) is 6.22. The molecule has 148 valence electrons.